The van der Waals surface area contributed by atoms with E-state index in [0.717, 1.165) is 32.1 Å². The summed E-state index contributed by atoms with van der Waals surface area (Å²) in [6.45, 7) is 1.80. The van der Waals surface area contributed by atoms with Gasteiger partial charge in [-0.2, -0.15) is 17.0 Å². The van der Waals surface area contributed by atoms with Crippen LogP contribution in [0.3, 0.4) is 0 Å². The third-order valence-electron chi connectivity index (χ3n) is 3.47. The van der Waals surface area contributed by atoms with Crippen LogP contribution in [0, 0.1) is 0 Å². The summed E-state index contributed by atoms with van der Waals surface area (Å²) in [7, 11) is -3.24. The molecule has 1 heterocycles. The molecule has 6 heteroatoms. The SMILES string of the molecule is O=S(=O)(N1CCCC1)N(CCCl)C1CCC1. The summed E-state index contributed by atoms with van der Waals surface area (Å²) >= 11 is 5.71. The van der Waals surface area contributed by atoms with Crippen molar-refractivity contribution in [3.63, 3.8) is 0 Å². The van der Waals surface area contributed by atoms with E-state index in [1.165, 1.54) is 0 Å². The Morgan fingerprint density at radius 2 is 1.81 bits per heavy atom. The van der Waals surface area contributed by atoms with Gasteiger partial charge in [-0.15, -0.1) is 11.6 Å². The van der Waals surface area contributed by atoms with Crippen LogP contribution in [0.15, 0.2) is 0 Å². The average Bonchev–Trinajstić information content (AvgIpc) is 2.67. The lowest BCUT2D eigenvalue weighted by atomic mass is 9.93. The first kappa shape index (κ1) is 12.6. The topological polar surface area (TPSA) is 40.6 Å². The summed E-state index contributed by atoms with van der Waals surface area (Å²) < 4.78 is 27.9. The van der Waals surface area contributed by atoms with Gasteiger partial charge >= 0.3 is 0 Å². The van der Waals surface area contributed by atoms with Crippen LogP contribution in [0.1, 0.15) is 32.1 Å². The second-order valence-electron chi connectivity index (χ2n) is 4.50. The van der Waals surface area contributed by atoms with Crippen LogP contribution in [0.4, 0.5) is 0 Å². The third kappa shape index (κ3) is 2.37. The molecule has 1 aliphatic heterocycles. The highest BCUT2D eigenvalue weighted by molar-refractivity contribution is 7.86. The minimum absolute atomic E-state index is 0.198. The summed E-state index contributed by atoms with van der Waals surface area (Å²) in [4.78, 5) is 0. The fourth-order valence-electron chi connectivity index (χ4n) is 2.31. The first-order valence-electron chi connectivity index (χ1n) is 5.99. The highest BCUT2D eigenvalue weighted by Gasteiger charge is 2.37. The van der Waals surface area contributed by atoms with Crippen molar-refractivity contribution in [3.05, 3.63) is 0 Å². The maximum Gasteiger partial charge on any atom is 0.282 e. The van der Waals surface area contributed by atoms with Crippen molar-refractivity contribution < 1.29 is 8.42 Å². The molecule has 0 bridgehead atoms. The Kier molecular flexibility index (Phi) is 4.11. The molecule has 0 unspecified atom stereocenters. The molecule has 2 aliphatic rings. The van der Waals surface area contributed by atoms with Crippen LogP contribution < -0.4 is 0 Å². The zero-order valence-corrected chi connectivity index (χ0v) is 11.0. The zero-order valence-electron chi connectivity index (χ0n) is 9.44. The normalized spacial score (nSPS) is 23.9. The van der Waals surface area contributed by atoms with E-state index in [0.29, 0.717) is 25.5 Å². The number of rotatable bonds is 5. The zero-order chi connectivity index (χ0) is 11.6. The minimum atomic E-state index is -3.24. The molecule has 1 aliphatic carbocycles. The molecular formula is C10H19ClN2O2S. The van der Waals surface area contributed by atoms with Gasteiger partial charge < -0.3 is 0 Å². The monoisotopic (exact) mass is 266 g/mol. The molecule has 94 valence electrons. The molecule has 0 aromatic heterocycles. The molecule has 0 aromatic rings. The van der Waals surface area contributed by atoms with Gasteiger partial charge in [0.1, 0.15) is 0 Å². The van der Waals surface area contributed by atoms with Gasteiger partial charge in [-0.05, 0) is 25.7 Å². The number of nitrogens with zero attached hydrogens (tertiary/aromatic N) is 2. The van der Waals surface area contributed by atoms with Crippen LogP contribution in [0.25, 0.3) is 0 Å². The lowest BCUT2D eigenvalue weighted by molar-refractivity contribution is 0.215. The second-order valence-corrected chi connectivity index (χ2v) is 6.76. The van der Waals surface area contributed by atoms with E-state index >= 15 is 0 Å². The summed E-state index contributed by atoms with van der Waals surface area (Å²) in [5.74, 6) is 0.379. The Bertz CT molecular complexity index is 324. The first-order valence-corrected chi connectivity index (χ1v) is 7.92. The van der Waals surface area contributed by atoms with E-state index in [-0.39, 0.29) is 6.04 Å². The summed E-state index contributed by atoms with van der Waals surface area (Å²) in [6.07, 6.45) is 5.09. The Morgan fingerprint density at radius 3 is 2.25 bits per heavy atom. The summed E-state index contributed by atoms with van der Waals surface area (Å²) in [6, 6.07) is 0.198. The van der Waals surface area contributed by atoms with Crippen molar-refractivity contribution in [2.24, 2.45) is 0 Å². The number of alkyl halides is 1. The lowest BCUT2D eigenvalue weighted by Gasteiger charge is -2.38. The number of hydrogen-bond acceptors (Lipinski definition) is 2. The van der Waals surface area contributed by atoms with E-state index in [9.17, 15) is 8.42 Å². The smallest absolute Gasteiger partial charge is 0.195 e. The Morgan fingerprint density at radius 1 is 1.19 bits per heavy atom. The quantitative estimate of drug-likeness (QED) is 0.706. The molecule has 0 N–H and O–H groups in total. The van der Waals surface area contributed by atoms with E-state index in [1.807, 2.05) is 0 Å². The van der Waals surface area contributed by atoms with Crippen LogP contribution in [0.2, 0.25) is 0 Å². The van der Waals surface area contributed by atoms with Gasteiger partial charge in [0.25, 0.3) is 10.2 Å². The van der Waals surface area contributed by atoms with Crippen LogP contribution in [0.5, 0.6) is 0 Å². The van der Waals surface area contributed by atoms with Gasteiger partial charge in [0, 0.05) is 31.6 Å². The van der Waals surface area contributed by atoms with Crippen molar-refractivity contribution in [1.82, 2.24) is 8.61 Å². The van der Waals surface area contributed by atoms with E-state index in [1.54, 1.807) is 8.61 Å². The third-order valence-corrected chi connectivity index (χ3v) is 5.73. The first-order chi connectivity index (χ1) is 7.66. The van der Waals surface area contributed by atoms with Crippen LogP contribution >= 0.6 is 11.6 Å². The fourth-order valence-corrected chi connectivity index (χ4v) is 4.52. The van der Waals surface area contributed by atoms with E-state index in [2.05, 4.69) is 0 Å². The second kappa shape index (κ2) is 5.21. The molecule has 2 rings (SSSR count). The Labute approximate surface area is 103 Å². The highest BCUT2D eigenvalue weighted by Crippen LogP contribution is 2.29. The largest absolute Gasteiger partial charge is 0.282 e. The standard InChI is InChI=1S/C10H19ClN2O2S/c11-6-9-13(10-4-3-5-10)16(14,15)12-7-1-2-8-12/h10H,1-9H2. The summed E-state index contributed by atoms with van der Waals surface area (Å²) in [5, 5.41) is 0. The molecule has 0 spiro atoms. The van der Waals surface area contributed by atoms with Crippen LogP contribution in [-0.4, -0.2) is 48.6 Å². The molecule has 2 fully saturated rings. The molecule has 1 saturated heterocycles. The van der Waals surface area contributed by atoms with Crippen molar-refractivity contribution >= 4 is 21.8 Å². The predicted octanol–water partition coefficient (Wildman–Crippen LogP) is 1.42. The van der Waals surface area contributed by atoms with E-state index in [4.69, 9.17) is 11.6 Å². The lowest BCUT2D eigenvalue weighted by Crippen LogP contribution is -2.50. The molecule has 1 saturated carbocycles. The number of halogens is 1. The Hall–Kier alpha value is 0.160. The maximum absolute atomic E-state index is 12.4. The number of hydrogen-bond donors (Lipinski definition) is 0. The van der Waals surface area contributed by atoms with Crippen molar-refractivity contribution in [3.8, 4) is 0 Å². The molecule has 4 nitrogen and oxygen atoms in total. The minimum Gasteiger partial charge on any atom is -0.195 e. The fraction of sp³-hybridized carbons (Fsp3) is 1.00. The van der Waals surface area contributed by atoms with Crippen molar-refractivity contribution in [2.75, 3.05) is 25.5 Å². The molecular weight excluding hydrogens is 248 g/mol. The van der Waals surface area contributed by atoms with Gasteiger partial charge in [0.15, 0.2) is 0 Å². The van der Waals surface area contributed by atoms with Gasteiger partial charge in [-0.3, -0.25) is 0 Å². The Balaban J connectivity index is 2.10. The molecule has 16 heavy (non-hydrogen) atoms. The van der Waals surface area contributed by atoms with Gasteiger partial charge in [0.2, 0.25) is 0 Å². The highest BCUT2D eigenvalue weighted by atomic mass is 35.5. The van der Waals surface area contributed by atoms with Gasteiger partial charge in [0.05, 0.1) is 0 Å². The van der Waals surface area contributed by atoms with Crippen LogP contribution in [-0.2, 0) is 10.2 Å². The molecule has 0 atom stereocenters. The molecule has 0 aromatic carbocycles. The van der Waals surface area contributed by atoms with Crippen molar-refractivity contribution in [1.29, 1.82) is 0 Å². The summed E-state index contributed by atoms with van der Waals surface area (Å²) in [5.41, 5.74) is 0. The molecule has 0 radical (unpaired) electrons. The van der Waals surface area contributed by atoms with Gasteiger partial charge in [-0.1, -0.05) is 6.42 Å². The maximum atomic E-state index is 12.4. The molecule has 0 amide bonds. The van der Waals surface area contributed by atoms with E-state index < -0.39 is 10.2 Å². The van der Waals surface area contributed by atoms with Crippen molar-refractivity contribution in [2.45, 2.75) is 38.1 Å². The van der Waals surface area contributed by atoms with Gasteiger partial charge in [-0.25, -0.2) is 0 Å². The predicted molar refractivity (Wildman–Crippen MR) is 64.8 cm³/mol. The average molecular weight is 267 g/mol.